The second-order valence-corrected chi connectivity index (χ2v) is 7.85. The highest BCUT2D eigenvalue weighted by Crippen LogP contribution is 2.26. The Balaban J connectivity index is 1.40. The molecule has 1 fully saturated rings. The molecular formula is C19H29N7O6. The molecule has 0 saturated carbocycles. The van der Waals surface area contributed by atoms with Gasteiger partial charge in [-0.05, 0) is 41.9 Å². The minimum absolute atomic E-state index is 0.100. The van der Waals surface area contributed by atoms with Gasteiger partial charge >= 0.3 is 0 Å². The van der Waals surface area contributed by atoms with E-state index >= 15 is 0 Å². The summed E-state index contributed by atoms with van der Waals surface area (Å²) in [7, 11) is 0. The summed E-state index contributed by atoms with van der Waals surface area (Å²) in [6.45, 7) is 1.18. The minimum Gasteiger partial charge on any atom is -0.395 e. The van der Waals surface area contributed by atoms with Crippen LogP contribution in [0.2, 0.25) is 0 Å². The number of likely N-dealkylation sites (tertiary alicyclic amines) is 1. The van der Waals surface area contributed by atoms with Crippen LogP contribution >= 0.6 is 0 Å². The van der Waals surface area contributed by atoms with E-state index in [0.717, 1.165) is 25.7 Å². The van der Waals surface area contributed by atoms with Crippen molar-refractivity contribution in [3.63, 3.8) is 0 Å². The van der Waals surface area contributed by atoms with E-state index < -0.39 is 29.3 Å². The smallest absolute Gasteiger partial charge is 0.297 e. The van der Waals surface area contributed by atoms with Crippen molar-refractivity contribution in [1.82, 2.24) is 25.1 Å². The van der Waals surface area contributed by atoms with E-state index in [-0.39, 0.29) is 24.5 Å². The van der Waals surface area contributed by atoms with Gasteiger partial charge < -0.3 is 25.7 Å². The molecule has 2 heterocycles. The lowest BCUT2D eigenvalue weighted by atomic mass is 9.94. The van der Waals surface area contributed by atoms with Gasteiger partial charge in [0.2, 0.25) is 0 Å². The normalized spacial score (nSPS) is 23.9. The van der Waals surface area contributed by atoms with Crippen LogP contribution in [0.3, 0.4) is 0 Å². The second kappa shape index (κ2) is 11.2. The summed E-state index contributed by atoms with van der Waals surface area (Å²) in [6, 6.07) is 4.20. The number of tetrazole rings is 1. The van der Waals surface area contributed by atoms with E-state index in [1.807, 2.05) is 4.90 Å². The highest BCUT2D eigenvalue weighted by atomic mass is 16.6. The summed E-state index contributed by atoms with van der Waals surface area (Å²) in [5, 5.41) is 64.3. The highest BCUT2D eigenvalue weighted by molar-refractivity contribution is 5.61. The molecule has 1 aliphatic rings. The maximum atomic E-state index is 11.4. The SMILES string of the molecule is O=[N+]([O-])c1cc(NCCCCCCN2C[C@H](O)[C@@H](O)[C@H](O)[C@H]2CO)ccc1-n1cnnn1. The van der Waals surface area contributed by atoms with Crippen LogP contribution in [0.4, 0.5) is 11.4 Å². The molecule has 1 aromatic carbocycles. The standard InChI is InChI=1S/C19H29N7O6/c27-11-16-18(29)19(30)17(28)10-24(16)8-4-2-1-3-7-20-13-5-6-14(15(9-13)26(31)32)25-12-21-22-23-25/h5-6,9,12,16-20,27-30H,1-4,7-8,10-11H2/t16-,17+,18-,19-/m1/s1. The number of unbranched alkanes of at least 4 members (excludes halogenated alkanes) is 3. The number of aliphatic hydroxyl groups is 4. The summed E-state index contributed by atoms with van der Waals surface area (Å²) < 4.78 is 1.24. The van der Waals surface area contributed by atoms with Gasteiger partial charge in [-0.2, -0.15) is 4.68 Å². The van der Waals surface area contributed by atoms with Crippen molar-refractivity contribution < 1.29 is 25.3 Å². The Hall–Kier alpha value is -2.71. The average Bonchev–Trinajstić information content (AvgIpc) is 3.31. The quantitative estimate of drug-likeness (QED) is 0.165. The maximum Gasteiger partial charge on any atom is 0.297 e. The molecule has 3 rings (SSSR count). The van der Waals surface area contributed by atoms with E-state index in [9.17, 15) is 30.5 Å². The number of hydrogen-bond acceptors (Lipinski definition) is 11. The van der Waals surface area contributed by atoms with Crippen LogP contribution in [0.15, 0.2) is 24.5 Å². The van der Waals surface area contributed by atoms with Gasteiger partial charge in [0.25, 0.3) is 5.69 Å². The molecule has 0 bridgehead atoms. The van der Waals surface area contributed by atoms with Crippen LogP contribution in [0.1, 0.15) is 25.7 Å². The van der Waals surface area contributed by atoms with E-state index in [4.69, 9.17) is 0 Å². The number of aromatic nitrogens is 4. The maximum absolute atomic E-state index is 11.4. The topological polar surface area (TPSA) is 183 Å². The number of benzene rings is 1. The van der Waals surface area contributed by atoms with E-state index in [2.05, 4.69) is 20.8 Å². The van der Waals surface area contributed by atoms with Gasteiger partial charge in [0, 0.05) is 24.8 Å². The third kappa shape index (κ3) is 5.75. The number of β-amino-alcohol motifs (C(OH)–C–C–N with tert-alkyl or cyclic N) is 1. The molecule has 5 N–H and O–H groups in total. The van der Waals surface area contributed by atoms with E-state index in [0.29, 0.717) is 18.8 Å². The van der Waals surface area contributed by atoms with Crippen molar-refractivity contribution in [2.45, 2.75) is 50.0 Å². The van der Waals surface area contributed by atoms with E-state index in [1.165, 1.54) is 17.1 Å². The van der Waals surface area contributed by atoms with Crippen molar-refractivity contribution in [2.75, 3.05) is 31.6 Å². The van der Waals surface area contributed by atoms with Crippen LogP contribution in [-0.4, -0.2) is 101 Å². The highest BCUT2D eigenvalue weighted by Gasteiger charge is 2.40. The largest absolute Gasteiger partial charge is 0.395 e. The first-order valence-electron chi connectivity index (χ1n) is 10.6. The fourth-order valence-corrected chi connectivity index (χ4v) is 3.91. The first-order chi connectivity index (χ1) is 15.4. The summed E-state index contributed by atoms with van der Waals surface area (Å²) in [5.74, 6) is 0. The fourth-order valence-electron chi connectivity index (χ4n) is 3.91. The van der Waals surface area contributed by atoms with Crippen LogP contribution in [0.5, 0.6) is 0 Å². The summed E-state index contributed by atoms with van der Waals surface area (Å²) >= 11 is 0. The third-order valence-electron chi connectivity index (χ3n) is 5.69. The Morgan fingerprint density at radius 3 is 2.62 bits per heavy atom. The molecule has 13 nitrogen and oxygen atoms in total. The van der Waals surface area contributed by atoms with Gasteiger partial charge in [0.05, 0.1) is 23.7 Å². The van der Waals surface area contributed by atoms with Crippen molar-refractivity contribution >= 4 is 11.4 Å². The lowest BCUT2D eigenvalue weighted by Gasteiger charge is -2.43. The number of nitrogens with zero attached hydrogens (tertiary/aromatic N) is 6. The van der Waals surface area contributed by atoms with Crippen LogP contribution < -0.4 is 5.32 Å². The zero-order valence-corrected chi connectivity index (χ0v) is 17.6. The molecule has 1 saturated heterocycles. The number of nitrogens with one attached hydrogen (secondary N) is 1. The molecule has 0 aliphatic carbocycles. The first kappa shape index (κ1) is 23.9. The molecule has 0 unspecified atom stereocenters. The zero-order chi connectivity index (χ0) is 23.1. The van der Waals surface area contributed by atoms with Gasteiger partial charge in [0.1, 0.15) is 24.2 Å². The van der Waals surface area contributed by atoms with Gasteiger partial charge in [-0.1, -0.05) is 12.8 Å². The Labute approximate surface area is 184 Å². The molecular weight excluding hydrogens is 422 g/mol. The summed E-state index contributed by atoms with van der Waals surface area (Å²) in [6.07, 6.45) is 1.34. The molecule has 1 aliphatic heterocycles. The van der Waals surface area contributed by atoms with Crippen LogP contribution in [-0.2, 0) is 0 Å². The molecule has 0 spiro atoms. The predicted molar refractivity (Wildman–Crippen MR) is 113 cm³/mol. The first-order valence-corrected chi connectivity index (χ1v) is 10.6. The minimum atomic E-state index is -1.24. The number of piperidine rings is 1. The molecule has 0 radical (unpaired) electrons. The lowest BCUT2D eigenvalue weighted by molar-refractivity contribution is -0.384. The molecule has 1 aromatic heterocycles. The number of aliphatic hydroxyl groups excluding tert-OH is 4. The number of hydrogen-bond donors (Lipinski definition) is 5. The molecule has 0 amide bonds. The van der Waals surface area contributed by atoms with Crippen molar-refractivity contribution in [3.8, 4) is 5.69 Å². The van der Waals surface area contributed by atoms with Gasteiger partial charge in [-0.15, -0.1) is 5.10 Å². The van der Waals surface area contributed by atoms with Crippen LogP contribution in [0, 0.1) is 10.1 Å². The average molecular weight is 451 g/mol. The van der Waals surface area contributed by atoms with Crippen molar-refractivity contribution in [3.05, 3.63) is 34.6 Å². The van der Waals surface area contributed by atoms with Gasteiger partial charge in [-0.25, -0.2) is 0 Å². The van der Waals surface area contributed by atoms with Crippen molar-refractivity contribution in [2.24, 2.45) is 0 Å². The second-order valence-electron chi connectivity index (χ2n) is 7.85. The Bertz CT molecular complexity index is 868. The summed E-state index contributed by atoms with van der Waals surface area (Å²) in [5.41, 5.74) is 0.818. The molecule has 4 atom stereocenters. The predicted octanol–water partition coefficient (Wildman–Crippen LogP) is -0.698. The Kier molecular flexibility index (Phi) is 8.41. The van der Waals surface area contributed by atoms with Gasteiger partial charge in [0.15, 0.2) is 0 Å². The Morgan fingerprint density at radius 2 is 1.94 bits per heavy atom. The number of anilines is 1. The number of nitro groups is 1. The van der Waals surface area contributed by atoms with Gasteiger partial charge in [-0.3, -0.25) is 15.0 Å². The molecule has 32 heavy (non-hydrogen) atoms. The summed E-state index contributed by atoms with van der Waals surface area (Å²) in [4.78, 5) is 12.7. The van der Waals surface area contributed by atoms with E-state index in [1.54, 1.807) is 12.1 Å². The van der Waals surface area contributed by atoms with Crippen molar-refractivity contribution in [1.29, 1.82) is 0 Å². The lowest BCUT2D eigenvalue weighted by Crippen LogP contribution is -2.62. The molecule has 176 valence electrons. The number of nitro benzene ring substituents is 1. The third-order valence-corrected chi connectivity index (χ3v) is 5.69. The number of rotatable bonds is 11. The molecule has 13 heteroatoms. The zero-order valence-electron chi connectivity index (χ0n) is 17.6. The van der Waals surface area contributed by atoms with Crippen LogP contribution in [0.25, 0.3) is 5.69 Å². The fraction of sp³-hybridized carbons (Fsp3) is 0.632. The Morgan fingerprint density at radius 1 is 1.16 bits per heavy atom. The monoisotopic (exact) mass is 451 g/mol. The molecule has 2 aromatic rings.